The van der Waals surface area contributed by atoms with Gasteiger partial charge in [-0.2, -0.15) is 0 Å². The number of aromatic amines is 1. The molecule has 0 aliphatic carbocycles. The smallest absolute Gasteiger partial charge is 0.0709 e. The number of hydrogen-bond acceptors (Lipinski definition) is 2. The number of fused-ring (bicyclic) bond motifs is 2. The highest BCUT2D eigenvalue weighted by Gasteiger charge is 2.14. The molecule has 0 saturated carbocycles. The van der Waals surface area contributed by atoms with Gasteiger partial charge in [-0.15, -0.1) is 0 Å². The molecular formula is C14H9N3. The van der Waals surface area contributed by atoms with Crippen molar-refractivity contribution in [1.29, 1.82) is 0 Å². The summed E-state index contributed by atoms with van der Waals surface area (Å²) in [7, 11) is 0. The van der Waals surface area contributed by atoms with Gasteiger partial charge in [0.25, 0.3) is 0 Å². The Morgan fingerprint density at radius 1 is 1.00 bits per heavy atom. The SMILES string of the molecule is C1=Nc2ccccc2-c2cncc3[nH]cc1c23. The molecule has 3 nitrogen and oxygen atoms in total. The lowest BCUT2D eigenvalue weighted by molar-refractivity contribution is 1.34. The number of aliphatic imine (C=N–C) groups is 1. The summed E-state index contributed by atoms with van der Waals surface area (Å²) in [6.45, 7) is 0. The summed E-state index contributed by atoms with van der Waals surface area (Å²) < 4.78 is 0. The zero-order valence-corrected chi connectivity index (χ0v) is 9.01. The first kappa shape index (κ1) is 8.70. The van der Waals surface area contributed by atoms with E-state index in [-0.39, 0.29) is 0 Å². The topological polar surface area (TPSA) is 41.0 Å². The molecule has 0 atom stereocenters. The molecular weight excluding hydrogens is 210 g/mol. The minimum atomic E-state index is 0.998. The van der Waals surface area contributed by atoms with Gasteiger partial charge in [-0.1, -0.05) is 18.2 Å². The second kappa shape index (κ2) is 3.04. The lowest BCUT2D eigenvalue weighted by atomic mass is 10.0. The van der Waals surface area contributed by atoms with Gasteiger partial charge >= 0.3 is 0 Å². The molecule has 3 heteroatoms. The Kier molecular flexibility index (Phi) is 1.56. The normalized spacial score (nSPS) is 12.5. The lowest BCUT2D eigenvalue weighted by Crippen LogP contribution is -1.82. The monoisotopic (exact) mass is 219 g/mol. The van der Waals surface area contributed by atoms with Gasteiger partial charge in [0, 0.05) is 40.7 Å². The van der Waals surface area contributed by atoms with Crippen LogP contribution in [-0.4, -0.2) is 16.2 Å². The van der Waals surface area contributed by atoms with Crippen molar-refractivity contribution in [3.05, 3.63) is 48.4 Å². The molecule has 17 heavy (non-hydrogen) atoms. The van der Waals surface area contributed by atoms with Crippen LogP contribution in [0.4, 0.5) is 5.69 Å². The lowest BCUT2D eigenvalue weighted by Gasteiger charge is -2.04. The highest BCUT2D eigenvalue weighted by Crippen LogP contribution is 2.37. The van der Waals surface area contributed by atoms with Crippen molar-refractivity contribution in [3.63, 3.8) is 0 Å². The van der Waals surface area contributed by atoms with E-state index in [4.69, 9.17) is 0 Å². The number of hydrogen-bond donors (Lipinski definition) is 1. The third kappa shape index (κ3) is 1.11. The van der Waals surface area contributed by atoms with Crippen LogP contribution >= 0.6 is 0 Å². The van der Waals surface area contributed by atoms with Crippen LogP contribution in [0.1, 0.15) is 5.56 Å². The van der Waals surface area contributed by atoms with E-state index in [1.165, 1.54) is 5.39 Å². The Labute approximate surface area is 97.9 Å². The van der Waals surface area contributed by atoms with E-state index in [9.17, 15) is 0 Å². The van der Waals surface area contributed by atoms with Crippen LogP contribution in [0.2, 0.25) is 0 Å². The van der Waals surface area contributed by atoms with Crippen molar-refractivity contribution >= 4 is 22.8 Å². The van der Waals surface area contributed by atoms with E-state index < -0.39 is 0 Å². The molecule has 0 fully saturated rings. The minimum absolute atomic E-state index is 0.998. The predicted octanol–water partition coefficient (Wildman–Crippen LogP) is 3.29. The zero-order chi connectivity index (χ0) is 11.2. The average Bonchev–Trinajstić information content (AvgIpc) is 2.72. The van der Waals surface area contributed by atoms with Crippen LogP contribution in [0.15, 0.2) is 47.8 Å². The fourth-order valence-electron chi connectivity index (χ4n) is 2.37. The maximum absolute atomic E-state index is 4.53. The Morgan fingerprint density at radius 3 is 2.94 bits per heavy atom. The van der Waals surface area contributed by atoms with Gasteiger partial charge in [-0.05, 0) is 6.07 Å². The van der Waals surface area contributed by atoms with Crippen molar-refractivity contribution < 1.29 is 0 Å². The first-order chi connectivity index (χ1) is 8.43. The molecule has 4 rings (SSSR count). The fourth-order valence-corrected chi connectivity index (χ4v) is 2.37. The van der Waals surface area contributed by atoms with Gasteiger partial charge in [-0.25, -0.2) is 0 Å². The van der Waals surface area contributed by atoms with E-state index in [2.05, 4.69) is 21.0 Å². The van der Waals surface area contributed by atoms with Crippen LogP contribution in [0.5, 0.6) is 0 Å². The van der Waals surface area contributed by atoms with Crippen LogP contribution in [0.25, 0.3) is 22.0 Å². The Balaban J connectivity index is 2.24. The van der Waals surface area contributed by atoms with Crippen molar-refractivity contribution in [2.75, 3.05) is 0 Å². The first-order valence-electron chi connectivity index (χ1n) is 5.52. The summed E-state index contributed by atoms with van der Waals surface area (Å²) in [6, 6.07) is 8.15. The number of nitrogens with zero attached hydrogens (tertiary/aromatic N) is 2. The summed E-state index contributed by atoms with van der Waals surface area (Å²) >= 11 is 0. The molecule has 80 valence electrons. The van der Waals surface area contributed by atoms with E-state index >= 15 is 0 Å². The number of aromatic nitrogens is 2. The van der Waals surface area contributed by atoms with Crippen LogP contribution in [-0.2, 0) is 0 Å². The first-order valence-corrected chi connectivity index (χ1v) is 5.52. The molecule has 1 N–H and O–H groups in total. The molecule has 0 saturated heterocycles. The van der Waals surface area contributed by atoms with Crippen molar-refractivity contribution in [3.8, 4) is 11.1 Å². The second-order valence-corrected chi connectivity index (χ2v) is 4.13. The van der Waals surface area contributed by atoms with Gasteiger partial charge in [0.1, 0.15) is 0 Å². The third-order valence-corrected chi connectivity index (χ3v) is 3.15. The van der Waals surface area contributed by atoms with E-state index in [0.29, 0.717) is 0 Å². The van der Waals surface area contributed by atoms with Crippen molar-refractivity contribution in [2.45, 2.75) is 0 Å². The van der Waals surface area contributed by atoms with Gasteiger partial charge < -0.3 is 4.98 Å². The molecule has 2 aromatic heterocycles. The number of nitrogens with one attached hydrogen (secondary N) is 1. The summed E-state index contributed by atoms with van der Waals surface area (Å²) in [5, 5.41) is 1.20. The summed E-state index contributed by atoms with van der Waals surface area (Å²) in [4.78, 5) is 12.0. The molecule has 3 heterocycles. The molecule has 0 spiro atoms. The summed E-state index contributed by atoms with van der Waals surface area (Å²) in [5.74, 6) is 0. The average molecular weight is 219 g/mol. The highest BCUT2D eigenvalue weighted by atomic mass is 14.8. The van der Waals surface area contributed by atoms with Crippen molar-refractivity contribution in [2.24, 2.45) is 4.99 Å². The largest absolute Gasteiger partial charge is 0.359 e. The predicted molar refractivity (Wildman–Crippen MR) is 68.8 cm³/mol. The molecule has 1 aromatic carbocycles. The minimum Gasteiger partial charge on any atom is -0.359 e. The number of para-hydroxylation sites is 1. The zero-order valence-electron chi connectivity index (χ0n) is 9.01. The van der Waals surface area contributed by atoms with Gasteiger partial charge in [-0.3, -0.25) is 9.98 Å². The summed E-state index contributed by atoms with van der Waals surface area (Å²) in [6.07, 6.45) is 7.65. The maximum atomic E-state index is 4.53. The number of pyridine rings is 1. The molecule has 0 amide bonds. The van der Waals surface area contributed by atoms with Crippen LogP contribution < -0.4 is 0 Å². The van der Waals surface area contributed by atoms with E-state index in [0.717, 1.165) is 27.9 Å². The third-order valence-electron chi connectivity index (χ3n) is 3.15. The quantitative estimate of drug-likeness (QED) is 0.484. The van der Waals surface area contributed by atoms with Gasteiger partial charge in [0.05, 0.1) is 17.4 Å². The molecule has 0 radical (unpaired) electrons. The van der Waals surface area contributed by atoms with Gasteiger partial charge in [0.15, 0.2) is 0 Å². The van der Waals surface area contributed by atoms with Crippen LogP contribution in [0.3, 0.4) is 0 Å². The fraction of sp³-hybridized carbons (Fsp3) is 0. The van der Waals surface area contributed by atoms with E-state index in [1.54, 1.807) is 0 Å². The van der Waals surface area contributed by atoms with Crippen LogP contribution in [0, 0.1) is 0 Å². The Bertz CT molecular complexity index is 753. The Hall–Kier alpha value is -2.42. The number of H-pyrrole nitrogens is 1. The molecule has 1 aliphatic heterocycles. The number of benzene rings is 1. The molecule has 0 bridgehead atoms. The molecule has 3 aromatic rings. The van der Waals surface area contributed by atoms with E-state index in [1.807, 2.05) is 43.0 Å². The standard InChI is InChI=1S/C14H9N3/c1-2-4-12-10(3-1)11-7-15-8-13-14(11)9(5-16-12)6-17-13/h1-8,17H. The Morgan fingerprint density at radius 2 is 1.94 bits per heavy atom. The molecule has 1 aliphatic rings. The van der Waals surface area contributed by atoms with Gasteiger partial charge in [0.2, 0.25) is 0 Å². The van der Waals surface area contributed by atoms with Crippen molar-refractivity contribution in [1.82, 2.24) is 9.97 Å². The maximum Gasteiger partial charge on any atom is 0.0709 e. The highest BCUT2D eigenvalue weighted by molar-refractivity contribution is 6.10. The number of rotatable bonds is 0. The second-order valence-electron chi connectivity index (χ2n) is 4.13. The molecule has 0 unspecified atom stereocenters. The summed E-state index contributed by atoms with van der Waals surface area (Å²) in [5.41, 5.74) is 5.46.